The fraction of sp³-hybridized carbons (Fsp3) is 0.207. The Hall–Kier alpha value is -4.23. The number of ether oxygens (including phenoxy) is 2. The van der Waals surface area contributed by atoms with E-state index in [0.717, 1.165) is 47.4 Å². The van der Waals surface area contributed by atoms with Gasteiger partial charge in [-0.1, -0.05) is 43.3 Å². The largest absolute Gasteiger partial charge is 0.457 e. The number of benzene rings is 3. The fourth-order valence-electron chi connectivity index (χ4n) is 4.38. The Kier molecular flexibility index (Phi) is 6.91. The van der Waals surface area contributed by atoms with Crippen LogP contribution in [0.4, 0.5) is 5.69 Å². The molecular weight excluding hydrogens is 454 g/mol. The number of nitrogens with zero attached hydrogens (tertiary/aromatic N) is 2. The average Bonchev–Trinajstić information content (AvgIpc) is 2.91. The van der Waals surface area contributed by atoms with Crippen LogP contribution in [0.25, 0.3) is 10.9 Å². The van der Waals surface area contributed by atoms with Crippen LogP contribution in [0.15, 0.2) is 78.9 Å². The third-order valence-corrected chi connectivity index (χ3v) is 6.23. The van der Waals surface area contributed by atoms with E-state index in [4.69, 9.17) is 14.5 Å². The molecule has 5 rings (SSSR count). The maximum absolute atomic E-state index is 13.2. The van der Waals surface area contributed by atoms with E-state index >= 15 is 0 Å². The zero-order valence-corrected chi connectivity index (χ0v) is 20.1. The Morgan fingerprint density at radius 1 is 0.944 bits per heavy atom. The first-order valence-electron chi connectivity index (χ1n) is 12.0. The highest BCUT2D eigenvalue weighted by molar-refractivity contribution is 6.06. The van der Waals surface area contributed by atoms with E-state index in [1.54, 1.807) is 24.3 Å². The number of nitrogens with one attached hydrogen (secondary N) is 1. The predicted octanol–water partition coefficient (Wildman–Crippen LogP) is 5.20. The van der Waals surface area contributed by atoms with E-state index < -0.39 is 11.9 Å². The number of anilines is 1. The average molecular weight is 482 g/mol. The lowest BCUT2D eigenvalue weighted by Gasteiger charge is -2.28. The summed E-state index contributed by atoms with van der Waals surface area (Å²) in [6, 6.07) is 24.0. The number of hydrogen-bond donors (Lipinski definition) is 1. The number of likely N-dealkylation sites (N-methyl/N-ethyl adjacent to an activating group) is 1. The second-order valence-electron chi connectivity index (χ2n) is 8.61. The van der Waals surface area contributed by atoms with Gasteiger partial charge in [0, 0.05) is 41.8 Å². The van der Waals surface area contributed by atoms with Crippen molar-refractivity contribution in [3.63, 3.8) is 0 Å². The van der Waals surface area contributed by atoms with E-state index in [1.807, 2.05) is 54.6 Å². The number of esters is 1. The molecule has 0 fully saturated rings. The van der Waals surface area contributed by atoms with Crippen molar-refractivity contribution in [2.75, 3.05) is 25.0 Å². The first-order valence-corrected chi connectivity index (χ1v) is 12.0. The summed E-state index contributed by atoms with van der Waals surface area (Å²) < 4.78 is 11.3. The summed E-state index contributed by atoms with van der Waals surface area (Å²) in [5.41, 5.74) is 3.66. The van der Waals surface area contributed by atoms with Crippen LogP contribution in [0.3, 0.4) is 0 Å². The molecule has 3 aromatic carbocycles. The summed E-state index contributed by atoms with van der Waals surface area (Å²) in [5.74, 6) is 0.460. The van der Waals surface area contributed by atoms with Gasteiger partial charge in [-0.25, -0.2) is 4.79 Å². The number of para-hydroxylation sites is 2. The van der Waals surface area contributed by atoms with Gasteiger partial charge >= 0.3 is 5.97 Å². The van der Waals surface area contributed by atoms with Crippen LogP contribution in [0.2, 0.25) is 0 Å². The van der Waals surface area contributed by atoms with Gasteiger partial charge in [0.2, 0.25) is 0 Å². The molecule has 0 atom stereocenters. The van der Waals surface area contributed by atoms with Crippen LogP contribution in [0, 0.1) is 0 Å². The lowest BCUT2D eigenvalue weighted by Crippen LogP contribution is -2.32. The Morgan fingerprint density at radius 2 is 1.67 bits per heavy atom. The van der Waals surface area contributed by atoms with Gasteiger partial charge in [0.05, 0.1) is 11.1 Å². The molecule has 0 spiro atoms. The number of rotatable bonds is 7. The highest BCUT2D eigenvalue weighted by Crippen LogP contribution is 2.29. The number of aromatic nitrogens is 1. The topological polar surface area (TPSA) is 80.8 Å². The molecule has 0 saturated heterocycles. The smallest absolute Gasteiger partial charge is 0.339 e. The van der Waals surface area contributed by atoms with Crippen LogP contribution in [0.5, 0.6) is 11.5 Å². The summed E-state index contributed by atoms with van der Waals surface area (Å²) >= 11 is 0. The van der Waals surface area contributed by atoms with Crippen molar-refractivity contribution in [3.05, 3.63) is 95.7 Å². The summed E-state index contributed by atoms with van der Waals surface area (Å²) in [7, 11) is 0. The molecule has 1 aliphatic rings. The Labute approximate surface area is 209 Å². The molecule has 7 heteroatoms. The maximum atomic E-state index is 13.2. The van der Waals surface area contributed by atoms with Gasteiger partial charge in [-0.3, -0.25) is 14.7 Å². The summed E-state index contributed by atoms with van der Waals surface area (Å²) in [5, 5.41) is 3.51. The zero-order valence-electron chi connectivity index (χ0n) is 20.1. The van der Waals surface area contributed by atoms with Crippen molar-refractivity contribution in [2.45, 2.75) is 19.9 Å². The van der Waals surface area contributed by atoms with Crippen LogP contribution in [0.1, 0.15) is 28.5 Å². The second kappa shape index (κ2) is 10.6. The predicted molar refractivity (Wildman–Crippen MR) is 138 cm³/mol. The molecule has 36 heavy (non-hydrogen) atoms. The summed E-state index contributed by atoms with van der Waals surface area (Å²) in [6.45, 7) is 4.14. The van der Waals surface area contributed by atoms with Crippen molar-refractivity contribution in [3.8, 4) is 11.5 Å². The van der Waals surface area contributed by atoms with E-state index in [1.165, 1.54) is 0 Å². The molecule has 182 valence electrons. The molecule has 0 saturated carbocycles. The maximum Gasteiger partial charge on any atom is 0.339 e. The summed E-state index contributed by atoms with van der Waals surface area (Å²) in [6.07, 6.45) is 0.777. The molecular formula is C29H27N3O4. The normalized spacial score (nSPS) is 13.1. The number of carbonyl (C=O) groups is 2. The number of pyridine rings is 1. The minimum atomic E-state index is -0.510. The highest BCUT2D eigenvalue weighted by atomic mass is 16.5. The zero-order chi connectivity index (χ0) is 24.9. The van der Waals surface area contributed by atoms with Crippen molar-refractivity contribution >= 4 is 28.5 Å². The molecule has 1 amide bonds. The van der Waals surface area contributed by atoms with E-state index in [-0.39, 0.29) is 6.61 Å². The molecule has 1 aliphatic heterocycles. The second-order valence-corrected chi connectivity index (χ2v) is 8.61. The van der Waals surface area contributed by atoms with Gasteiger partial charge in [-0.2, -0.15) is 0 Å². The van der Waals surface area contributed by atoms with Gasteiger partial charge in [-0.05, 0) is 49.0 Å². The lowest BCUT2D eigenvalue weighted by atomic mass is 9.96. The Bertz CT molecular complexity index is 1390. The van der Waals surface area contributed by atoms with Crippen molar-refractivity contribution in [2.24, 2.45) is 0 Å². The highest BCUT2D eigenvalue weighted by Gasteiger charge is 2.26. The molecule has 0 aliphatic carbocycles. The molecule has 0 unspecified atom stereocenters. The minimum Gasteiger partial charge on any atom is -0.457 e. The number of carbonyl (C=O) groups excluding carboxylic acids is 2. The molecule has 0 bridgehead atoms. The van der Waals surface area contributed by atoms with Gasteiger partial charge in [0.1, 0.15) is 11.5 Å². The van der Waals surface area contributed by atoms with Gasteiger partial charge in [0.15, 0.2) is 6.61 Å². The number of amides is 1. The minimum absolute atomic E-state index is 0.385. The number of fused-ring (bicyclic) bond motifs is 2. The van der Waals surface area contributed by atoms with Crippen LogP contribution < -0.4 is 10.1 Å². The Morgan fingerprint density at radius 3 is 2.44 bits per heavy atom. The quantitative estimate of drug-likeness (QED) is 0.366. The van der Waals surface area contributed by atoms with Crippen molar-refractivity contribution < 1.29 is 19.1 Å². The molecule has 1 N–H and O–H groups in total. The lowest BCUT2D eigenvalue weighted by molar-refractivity contribution is -0.119. The van der Waals surface area contributed by atoms with Gasteiger partial charge in [0.25, 0.3) is 5.91 Å². The van der Waals surface area contributed by atoms with E-state index in [2.05, 4.69) is 17.1 Å². The van der Waals surface area contributed by atoms with E-state index in [0.29, 0.717) is 23.5 Å². The van der Waals surface area contributed by atoms with E-state index in [9.17, 15) is 9.59 Å². The molecule has 1 aromatic heterocycles. The van der Waals surface area contributed by atoms with Gasteiger partial charge in [-0.15, -0.1) is 0 Å². The SMILES string of the molecule is CCN1CCc2nc3ccccc3c(C(=O)OCC(=O)Nc3ccc(Oc4ccccc4)cc3)c2C1. The van der Waals surface area contributed by atoms with Crippen molar-refractivity contribution in [1.29, 1.82) is 0 Å². The molecule has 2 heterocycles. The molecule has 0 radical (unpaired) electrons. The Balaban J connectivity index is 1.26. The van der Waals surface area contributed by atoms with Crippen LogP contribution >= 0.6 is 0 Å². The number of hydrogen-bond acceptors (Lipinski definition) is 6. The summed E-state index contributed by atoms with van der Waals surface area (Å²) in [4.78, 5) is 32.8. The standard InChI is InChI=1S/C29H27N3O4/c1-2-32-17-16-26-24(18-32)28(23-10-6-7-11-25(23)31-26)29(34)35-19-27(33)30-20-12-14-22(15-13-20)36-21-8-4-3-5-9-21/h3-15H,2,16-19H2,1H3,(H,30,33). The van der Waals surface area contributed by atoms with Crippen LogP contribution in [-0.4, -0.2) is 41.5 Å². The van der Waals surface area contributed by atoms with Crippen molar-refractivity contribution in [1.82, 2.24) is 9.88 Å². The molecule has 7 nitrogen and oxygen atoms in total. The monoisotopic (exact) mass is 481 g/mol. The van der Waals surface area contributed by atoms with Gasteiger partial charge < -0.3 is 14.8 Å². The third kappa shape index (κ3) is 5.21. The third-order valence-electron chi connectivity index (χ3n) is 6.23. The first-order chi connectivity index (χ1) is 17.6. The fourth-order valence-corrected chi connectivity index (χ4v) is 4.38. The van der Waals surface area contributed by atoms with Crippen LogP contribution in [-0.2, 0) is 22.5 Å². The molecule has 4 aromatic rings. The first kappa shape index (κ1) is 23.5.